The molecule has 0 aliphatic rings. The number of aromatic nitrogens is 2. The molecule has 0 aliphatic carbocycles. The first-order valence-corrected chi connectivity index (χ1v) is 8.80. The molecule has 7 nitrogen and oxygen atoms in total. The van der Waals surface area contributed by atoms with E-state index in [0.29, 0.717) is 0 Å². The Kier molecular flexibility index (Phi) is 6.19. The molecule has 0 aliphatic heterocycles. The van der Waals surface area contributed by atoms with E-state index in [2.05, 4.69) is 25.1 Å². The Balaban J connectivity index is 0.00000151. The van der Waals surface area contributed by atoms with Crippen molar-refractivity contribution in [3.63, 3.8) is 0 Å². The Labute approximate surface area is 148 Å². The van der Waals surface area contributed by atoms with Gasteiger partial charge in [-0.05, 0) is 28.1 Å². The fraction of sp³-hybridized carbons (Fsp3) is 0.308. The summed E-state index contributed by atoms with van der Waals surface area (Å²) in [7, 11) is -4.82. The molecule has 0 radical (unpaired) electrons. The molecule has 0 N–H and O–H groups in total. The molecular weight excluding hydrogens is 431 g/mol. The van der Waals surface area contributed by atoms with Crippen LogP contribution >= 0.6 is 15.9 Å². The van der Waals surface area contributed by atoms with E-state index >= 15 is 0 Å². The molecule has 2 aromatic heterocycles. The van der Waals surface area contributed by atoms with Gasteiger partial charge in [0.2, 0.25) is 0 Å². The van der Waals surface area contributed by atoms with E-state index in [9.17, 15) is 26.4 Å². The number of nitriles is 1. The van der Waals surface area contributed by atoms with Crippen molar-refractivity contribution in [1.82, 2.24) is 9.55 Å². The van der Waals surface area contributed by atoms with Crippen molar-refractivity contribution in [2.24, 2.45) is 7.05 Å². The zero-order chi connectivity index (χ0) is 19.6. The Bertz CT molecular complexity index is 1010. The monoisotopic (exact) mass is 441 g/mol. The SMILES string of the molecule is CC.Cn1c(=O)c(C#N)c(OS(=O)(=O)C(F)(F)F)c2nc(Br)ccc21. The van der Waals surface area contributed by atoms with Crippen molar-refractivity contribution in [3.8, 4) is 11.8 Å². The van der Waals surface area contributed by atoms with E-state index in [1.165, 1.54) is 25.2 Å². The Morgan fingerprint density at radius 2 is 1.88 bits per heavy atom. The summed E-state index contributed by atoms with van der Waals surface area (Å²) in [5, 5.41) is 8.99. The lowest BCUT2D eigenvalue weighted by molar-refractivity contribution is -0.0499. The van der Waals surface area contributed by atoms with Gasteiger partial charge in [-0.15, -0.1) is 0 Å². The smallest absolute Gasteiger partial charge is 0.372 e. The van der Waals surface area contributed by atoms with Crippen LogP contribution in [0.25, 0.3) is 11.0 Å². The third-order valence-electron chi connectivity index (χ3n) is 2.75. The number of fused-ring (bicyclic) bond motifs is 1. The standard InChI is InChI=1S/C11H5BrF3N3O4S.C2H6/c1-18-6-2-3-7(12)17-8(6)9(5(4-16)10(18)19)22-23(20,21)11(13,14)15;1-2/h2-3H,1H3;1-2H3. The second kappa shape index (κ2) is 7.40. The lowest BCUT2D eigenvalue weighted by atomic mass is 10.2. The molecule has 0 unspecified atom stereocenters. The number of pyridine rings is 2. The summed E-state index contributed by atoms with van der Waals surface area (Å²) in [5.41, 5.74) is -8.04. The minimum atomic E-state index is -6.07. The Hall–Kier alpha value is -2.13. The number of halogens is 4. The van der Waals surface area contributed by atoms with Crippen molar-refractivity contribution in [1.29, 1.82) is 5.26 Å². The molecule has 0 saturated heterocycles. The predicted molar refractivity (Wildman–Crippen MR) is 86.3 cm³/mol. The third kappa shape index (κ3) is 3.93. The van der Waals surface area contributed by atoms with Crippen LogP contribution in [0, 0.1) is 11.3 Å². The third-order valence-corrected chi connectivity index (χ3v) is 4.14. The molecule has 25 heavy (non-hydrogen) atoms. The van der Waals surface area contributed by atoms with Crippen LogP contribution in [0.3, 0.4) is 0 Å². The normalized spacial score (nSPS) is 11.4. The number of hydrogen-bond donors (Lipinski definition) is 0. The lowest BCUT2D eigenvalue weighted by Crippen LogP contribution is -2.30. The highest BCUT2D eigenvalue weighted by molar-refractivity contribution is 9.10. The quantitative estimate of drug-likeness (QED) is 0.403. The van der Waals surface area contributed by atoms with E-state index in [1.807, 2.05) is 13.8 Å². The van der Waals surface area contributed by atoms with Crippen LogP contribution in [-0.4, -0.2) is 23.5 Å². The number of aryl methyl sites for hydroxylation is 1. The van der Waals surface area contributed by atoms with E-state index < -0.39 is 32.5 Å². The second-order valence-electron chi connectivity index (χ2n) is 4.17. The highest BCUT2D eigenvalue weighted by Crippen LogP contribution is 2.32. The van der Waals surface area contributed by atoms with Crippen molar-refractivity contribution >= 4 is 37.1 Å². The zero-order valence-electron chi connectivity index (χ0n) is 13.0. The maximum absolute atomic E-state index is 12.5. The average Bonchev–Trinajstić information content (AvgIpc) is 2.53. The molecule has 2 aromatic rings. The number of alkyl halides is 3. The van der Waals surface area contributed by atoms with Crippen molar-refractivity contribution in [2.45, 2.75) is 19.4 Å². The van der Waals surface area contributed by atoms with E-state index in [4.69, 9.17) is 5.26 Å². The van der Waals surface area contributed by atoms with E-state index in [-0.39, 0.29) is 15.6 Å². The van der Waals surface area contributed by atoms with E-state index in [0.717, 1.165) is 4.57 Å². The lowest BCUT2D eigenvalue weighted by Gasteiger charge is -2.13. The van der Waals surface area contributed by atoms with Gasteiger partial charge in [0, 0.05) is 7.05 Å². The average molecular weight is 442 g/mol. The topological polar surface area (TPSA) is 102 Å². The fourth-order valence-corrected chi connectivity index (χ4v) is 2.48. The second-order valence-corrected chi connectivity index (χ2v) is 6.52. The summed E-state index contributed by atoms with van der Waals surface area (Å²) in [6.45, 7) is 4.00. The van der Waals surface area contributed by atoms with Crippen LogP contribution < -0.4 is 9.74 Å². The molecule has 2 rings (SSSR count). The summed E-state index contributed by atoms with van der Waals surface area (Å²) >= 11 is 2.97. The first-order chi connectivity index (χ1) is 11.5. The molecule has 12 heteroatoms. The molecule has 0 spiro atoms. The van der Waals surface area contributed by atoms with Gasteiger partial charge in [0.15, 0.2) is 11.3 Å². The number of hydrogen-bond acceptors (Lipinski definition) is 6. The fourth-order valence-electron chi connectivity index (χ4n) is 1.70. The minimum absolute atomic E-state index is 0.00965. The van der Waals surface area contributed by atoms with Gasteiger partial charge < -0.3 is 8.75 Å². The number of rotatable bonds is 2. The summed E-state index contributed by atoms with van der Waals surface area (Å²) < 4.78 is 65.0. The maximum atomic E-state index is 12.5. The van der Waals surface area contributed by atoms with Crippen LogP contribution in [-0.2, 0) is 17.2 Å². The van der Waals surface area contributed by atoms with E-state index in [1.54, 1.807) is 0 Å². The van der Waals surface area contributed by atoms with Crippen LogP contribution in [0.2, 0.25) is 0 Å². The van der Waals surface area contributed by atoms with Crippen LogP contribution in [0.5, 0.6) is 5.75 Å². The summed E-state index contributed by atoms with van der Waals surface area (Å²) in [5.74, 6) is -1.07. The van der Waals surface area contributed by atoms with Crippen LogP contribution in [0.15, 0.2) is 21.5 Å². The molecular formula is C13H11BrF3N3O4S. The molecule has 136 valence electrons. The highest BCUT2D eigenvalue weighted by atomic mass is 79.9. The molecule has 0 bridgehead atoms. The van der Waals surface area contributed by atoms with Gasteiger partial charge >= 0.3 is 15.6 Å². The van der Waals surface area contributed by atoms with Crippen molar-refractivity contribution in [3.05, 3.63) is 32.7 Å². The molecule has 0 atom stereocenters. The van der Waals surface area contributed by atoms with Gasteiger partial charge in [-0.1, -0.05) is 13.8 Å². The van der Waals surface area contributed by atoms with Crippen molar-refractivity contribution < 1.29 is 25.8 Å². The predicted octanol–water partition coefficient (Wildman–Crippen LogP) is 2.82. The van der Waals surface area contributed by atoms with Gasteiger partial charge in [-0.2, -0.15) is 26.9 Å². The van der Waals surface area contributed by atoms with Crippen LogP contribution in [0.4, 0.5) is 13.2 Å². The minimum Gasteiger partial charge on any atom is -0.372 e. The molecule has 0 aromatic carbocycles. The van der Waals surface area contributed by atoms with Gasteiger partial charge in [-0.3, -0.25) is 4.79 Å². The number of nitrogens with zero attached hydrogens (tertiary/aromatic N) is 3. The van der Waals surface area contributed by atoms with Crippen LogP contribution in [0.1, 0.15) is 19.4 Å². The molecule has 0 saturated carbocycles. The first-order valence-electron chi connectivity index (χ1n) is 6.59. The van der Waals surface area contributed by atoms with Gasteiger partial charge in [0.1, 0.15) is 16.2 Å². The molecule has 0 fully saturated rings. The zero-order valence-corrected chi connectivity index (χ0v) is 15.5. The Morgan fingerprint density at radius 3 is 2.36 bits per heavy atom. The van der Waals surface area contributed by atoms with Gasteiger partial charge in [0.05, 0.1) is 5.52 Å². The summed E-state index contributed by atoms with van der Waals surface area (Å²) in [6.07, 6.45) is 0. The first kappa shape index (κ1) is 20.9. The van der Waals surface area contributed by atoms with Gasteiger partial charge in [-0.25, -0.2) is 4.98 Å². The van der Waals surface area contributed by atoms with Crippen molar-refractivity contribution in [2.75, 3.05) is 0 Å². The highest BCUT2D eigenvalue weighted by Gasteiger charge is 2.49. The molecule has 0 amide bonds. The summed E-state index contributed by atoms with van der Waals surface area (Å²) in [4.78, 5) is 15.8. The maximum Gasteiger partial charge on any atom is 0.534 e. The molecule has 2 heterocycles. The Morgan fingerprint density at radius 1 is 1.32 bits per heavy atom. The summed E-state index contributed by atoms with van der Waals surface area (Å²) in [6, 6.07) is 4.04. The van der Waals surface area contributed by atoms with Gasteiger partial charge in [0.25, 0.3) is 5.56 Å². The largest absolute Gasteiger partial charge is 0.534 e.